The van der Waals surface area contributed by atoms with Gasteiger partial charge < -0.3 is 19.9 Å². The molecule has 1 aromatic heterocycles. The van der Waals surface area contributed by atoms with Crippen molar-refractivity contribution in [1.29, 1.82) is 0 Å². The maximum absolute atomic E-state index is 13.3. The third-order valence-corrected chi connectivity index (χ3v) is 11.9. The van der Waals surface area contributed by atoms with Gasteiger partial charge in [0, 0.05) is 37.3 Å². The van der Waals surface area contributed by atoms with Crippen molar-refractivity contribution in [1.82, 2.24) is 14.6 Å². The van der Waals surface area contributed by atoms with Gasteiger partial charge >= 0.3 is 0 Å². The van der Waals surface area contributed by atoms with Crippen molar-refractivity contribution in [2.24, 2.45) is 0 Å². The van der Waals surface area contributed by atoms with E-state index in [0.29, 0.717) is 38.3 Å². The highest BCUT2D eigenvalue weighted by atomic mass is 32.2. The maximum atomic E-state index is 13.3. The number of sulfonamides is 1. The number of fused-ring (bicyclic) bond motifs is 1. The molecule has 41 heavy (non-hydrogen) atoms. The number of rotatable bonds is 10. The molecule has 0 unspecified atom stereocenters. The summed E-state index contributed by atoms with van der Waals surface area (Å²) in [5.74, 6) is 0.385. The number of ether oxygens (including phenoxy) is 2. The fourth-order valence-electron chi connectivity index (χ4n) is 5.39. The molecule has 3 aromatic rings. The van der Waals surface area contributed by atoms with E-state index >= 15 is 0 Å². The number of nitrogens with zero attached hydrogens (tertiary/aromatic N) is 2. The molecule has 2 aliphatic heterocycles. The second-order valence-corrected chi connectivity index (χ2v) is 15.5. The molecule has 0 bridgehead atoms. The van der Waals surface area contributed by atoms with Crippen molar-refractivity contribution in [3.05, 3.63) is 60.8 Å². The molecule has 222 valence electrons. The lowest BCUT2D eigenvalue weighted by molar-refractivity contribution is -0.0312. The molecule has 0 radical (unpaired) electrons. The molecule has 10 nitrogen and oxygen atoms in total. The number of aliphatic hydroxyl groups is 1. The number of hydrogen-bond donors (Lipinski definition) is 2. The number of pyridine rings is 1. The highest BCUT2D eigenvalue weighted by Crippen LogP contribution is 2.37. The van der Waals surface area contributed by atoms with Gasteiger partial charge in [0.05, 0.1) is 32.8 Å². The van der Waals surface area contributed by atoms with Crippen LogP contribution in [-0.4, -0.2) is 87.1 Å². The first-order valence-electron chi connectivity index (χ1n) is 13.9. The van der Waals surface area contributed by atoms with E-state index in [9.17, 15) is 21.9 Å². The molecule has 0 saturated carbocycles. The van der Waals surface area contributed by atoms with Crippen LogP contribution < -0.4 is 10.1 Å². The van der Waals surface area contributed by atoms with Gasteiger partial charge in [-0.05, 0) is 75.6 Å². The molecular formula is C29H37N3O7S2. The van der Waals surface area contributed by atoms with Crippen LogP contribution in [0.1, 0.15) is 33.1 Å². The zero-order valence-electron chi connectivity index (χ0n) is 23.3. The minimum Gasteiger partial charge on any atom is -0.491 e. The van der Waals surface area contributed by atoms with E-state index in [1.54, 1.807) is 56.4 Å². The van der Waals surface area contributed by atoms with Crippen LogP contribution in [0.4, 0.5) is 0 Å². The number of benzene rings is 2. The Morgan fingerprint density at radius 3 is 2.61 bits per heavy atom. The molecule has 3 heterocycles. The van der Waals surface area contributed by atoms with E-state index in [2.05, 4.69) is 10.3 Å². The predicted molar refractivity (Wildman–Crippen MR) is 155 cm³/mol. The third kappa shape index (κ3) is 6.58. The fourth-order valence-corrected chi connectivity index (χ4v) is 7.96. The Morgan fingerprint density at radius 2 is 1.85 bits per heavy atom. The first kappa shape index (κ1) is 29.9. The summed E-state index contributed by atoms with van der Waals surface area (Å²) in [6.07, 6.45) is 2.80. The largest absolute Gasteiger partial charge is 0.491 e. The molecule has 2 aromatic carbocycles. The van der Waals surface area contributed by atoms with Gasteiger partial charge in [0.25, 0.3) is 0 Å². The lowest BCUT2D eigenvalue weighted by Gasteiger charge is -2.38. The van der Waals surface area contributed by atoms with E-state index in [1.807, 2.05) is 6.07 Å². The quantitative estimate of drug-likeness (QED) is 0.359. The van der Waals surface area contributed by atoms with Crippen molar-refractivity contribution < 1.29 is 31.4 Å². The summed E-state index contributed by atoms with van der Waals surface area (Å²) in [5, 5.41) is 14.0. The zero-order chi connectivity index (χ0) is 29.3. The highest BCUT2D eigenvalue weighted by Gasteiger charge is 2.44. The Bertz CT molecular complexity index is 1590. The molecule has 0 aliphatic carbocycles. The van der Waals surface area contributed by atoms with Gasteiger partial charge in [-0.1, -0.05) is 12.1 Å². The van der Waals surface area contributed by atoms with Crippen molar-refractivity contribution in [3.63, 3.8) is 0 Å². The van der Waals surface area contributed by atoms with Gasteiger partial charge in [-0.25, -0.2) is 16.8 Å². The summed E-state index contributed by atoms with van der Waals surface area (Å²) < 4.78 is 64.8. The third-order valence-electron chi connectivity index (χ3n) is 7.89. The maximum Gasteiger partial charge on any atom is 0.243 e. The van der Waals surface area contributed by atoms with Gasteiger partial charge in [-0.15, -0.1) is 0 Å². The fraction of sp³-hybridized carbons (Fsp3) is 0.483. The zero-order valence-corrected chi connectivity index (χ0v) is 24.9. The van der Waals surface area contributed by atoms with Crippen LogP contribution in [-0.2, 0) is 24.6 Å². The van der Waals surface area contributed by atoms with E-state index in [0.717, 1.165) is 17.3 Å². The van der Waals surface area contributed by atoms with Gasteiger partial charge in [0.1, 0.15) is 18.5 Å². The number of nitrogens with one attached hydrogen (secondary N) is 1. The molecule has 2 fully saturated rings. The summed E-state index contributed by atoms with van der Waals surface area (Å²) in [7, 11) is -7.04. The van der Waals surface area contributed by atoms with Crippen LogP contribution >= 0.6 is 0 Å². The van der Waals surface area contributed by atoms with Gasteiger partial charge in [-0.2, -0.15) is 4.31 Å². The molecule has 12 heteroatoms. The minimum absolute atomic E-state index is 0.00849. The number of sulfone groups is 1. The molecule has 2 atom stereocenters. The smallest absolute Gasteiger partial charge is 0.243 e. The summed E-state index contributed by atoms with van der Waals surface area (Å²) in [6, 6.07) is 15.0. The van der Waals surface area contributed by atoms with Crippen molar-refractivity contribution in [3.8, 4) is 5.75 Å². The first-order valence-corrected chi connectivity index (χ1v) is 16.8. The number of piperidine rings is 1. The van der Waals surface area contributed by atoms with E-state index < -0.39 is 31.2 Å². The van der Waals surface area contributed by atoms with Crippen molar-refractivity contribution >= 4 is 30.8 Å². The summed E-state index contributed by atoms with van der Waals surface area (Å²) in [5.41, 5.74) is 0.366. The average molecular weight is 604 g/mol. The van der Waals surface area contributed by atoms with Gasteiger partial charge in [-0.3, -0.25) is 4.98 Å². The Labute approximate surface area is 241 Å². The topological polar surface area (TPSA) is 135 Å². The second-order valence-electron chi connectivity index (χ2n) is 11.1. The molecule has 0 amide bonds. The van der Waals surface area contributed by atoms with Crippen LogP contribution in [0.2, 0.25) is 0 Å². The number of hydrogen-bond acceptors (Lipinski definition) is 9. The monoisotopic (exact) mass is 603 g/mol. The Morgan fingerprint density at radius 1 is 1.07 bits per heavy atom. The lowest BCUT2D eigenvalue weighted by atomic mass is 9.88. The number of aromatic nitrogens is 1. The molecule has 2 saturated heterocycles. The molecule has 1 spiro atoms. The van der Waals surface area contributed by atoms with Gasteiger partial charge in [0.2, 0.25) is 10.0 Å². The molecular weight excluding hydrogens is 566 g/mol. The normalized spacial score (nSPS) is 20.5. The Kier molecular flexibility index (Phi) is 8.70. The molecule has 2 N–H and O–H groups in total. The summed E-state index contributed by atoms with van der Waals surface area (Å²) >= 11 is 0. The van der Waals surface area contributed by atoms with E-state index in [1.165, 1.54) is 16.4 Å². The highest BCUT2D eigenvalue weighted by molar-refractivity contribution is 7.92. The van der Waals surface area contributed by atoms with Crippen LogP contribution in [0.15, 0.2) is 70.6 Å². The van der Waals surface area contributed by atoms with E-state index in [-0.39, 0.29) is 34.6 Å². The summed E-state index contributed by atoms with van der Waals surface area (Å²) in [4.78, 5) is 4.73. The lowest BCUT2D eigenvalue weighted by Crippen LogP contribution is -2.47. The number of aliphatic hydroxyl groups excluding tert-OH is 1. The minimum atomic E-state index is -3.63. The van der Waals surface area contributed by atoms with Crippen LogP contribution in [0.5, 0.6) is 5.75 Å². The van der Waals surface area contributed by atoms with Crippen LogP contribution in [0, 0.1) is 0 Å². The molecule has 5 rings (SSSR count). The summed E-state index contributed by atoms with van der Waals surface area (Å²) in [6.45, 7) is 4.78. The van der Waals surface area contributed by atoms with Crippen LogP contribution in [0.25, 0.3) is 10.9 Å². The second kappa shape index (κ2) is 11.9. The van der Waals surface area contributed by atoms with E-state index in [4.69, 9.17) is 9.47 Å². The van der Waals surface area contributed by atoms with Gasteiger partial charge in [0.15, 0.2) is 9.84 Å². The van der Waals surface area contributed by atoms with Crippen molar-refractivity contribution in [2.45, 2.75) is 65.9 Å². The van der Waals surface area contributed by atoms with Crippen molar-refractivity contribution in [2.75, 3.05) is 32.8 Å². The Balaban J connectivity index is 1.09. The first-order chi connectivity index (χ1) is 19.5. The average Bonchev–Trinajstić information content (AvgIpc) is 3.37. The predicted octanol–water partition coefficient (Wildman–Crippen LogP) is 2.76. The Hall–Kier alpha value is -2.61. The van der Waals surface area contributed by atoms with Crippen LogP contribution in [0.3, 0.4) is 0 Å². The molecule has 2 aliphatic rings. The standard InChI is InChI=1S/C29H37N3O7S2/c1-21(2)40(34,35)26-7-3-6-25(16-26)38-20-24(33)18-31-23-17-29(39-19-23)10-13-32(14-11-29)41(36,37)27-8-9-28-22(15-27)5-4-12-30-28/h3-9,12,15-16,21,23-24,31,33H,10-11,13-14,17-20H2,1-2H3/t23-,24+/m1/s1. The SMILES string of the molecule is CC(C)S(=O)(=O)c1cccc(OC[C@@H](O)CN[C@H]2COC3(CCN(S(=O)(=O)c4ccc5ncccc5c4)CC3)C2)c1.